The van der Waals surface area contributed by atoms with Crippen LogP contribution in [0.4, 0.5) is 0 Å². The fourth-order valence-corrected chi connectivity index (χ4v) is 2.94. The molecular formula is C15H14O5S. The summed E-state index contributed by atoms with van der Waals surface area (Å²) in [4.78, 5) is 12.1. The molecule has 6 heteroatoms. The van der Waals surface area contributed by atoms with Crippen molar-refractivity contribution < 1.29 is 23.1 Å². The van der Waals surface area contributed by atoms with E-state index in [1.54, 1.807) is 12.1 Å². The van der Waals surface area contributed by atoms with Gasteiger partial charge in [0.25, 0.3) is 5.12 Å². The molecule has 0 aliphatic carbocycles. The monoisotopic (exact) mass is 306 g/mol. The molecule has 2 rings (SSSR count). The molecule has 0 aromatic heterocycles. The van der Waals surface area contributed by atoms with Crippen molar-refractivity contribution in [2.45, 2.75) is 11.8 Å². The first-order valence-corrected chi connectivity index (χ1v) is 7.57. The summed E-state index contributed by atoms with van der Waals surface area (Å²) in [6, 6.07) is 9.71. The number of phenols is 1. The van der Waals surface area contributed by atoms with E-state index in [-0.39, 0.29) is 22.0 Å². The summed E-state index contributed by atoms with van der Waals surface area (Å²) in [5, 5.41) is 8.58. The molecule has 0 atom stereocenters. The Morgan fingerprint density at radius 3 is 2.24 bits per heavy atom. The van der Waals surface area contributed by atoms with Crippen LogP contribution in [-0.2, 0) is 9.84 Å². The number of carbonyl (C=O) groups is 1. The fraction of sp³-hybridized carbons (Fsp3) is 0.133. The smallest absolute Gasteiger partial charge is 0.281 e. The zero-order valence-electron chi connectivity index (χ0n) is 11.5. The highest BCUT2D eigenvalue weighted by atomic mass is 32.2. The lowest BCUT2D eigenvalue weighted by atomic mass is 10.2. The van der Waals surface area contributed by atoms with Gasteiger partial charge in [0, 0.05) is 5.56 Å². The quantitative estimate of drug-likeness (QED) is 0.941. The second kappa shape index (κ2) is 5.57. The van der Waals surface area contributed by atoms with Crippen molar-refractivity contribution in [1.29, 1.82) is 0 Å². The second-order valence-electron chi connectivity index (χ2n) is 4.49. The minimum Gasteiger partial charge on any atom is -0.504 e. The number of ether oxygens (including phenoxy) is 1. The Balaban J connectivity index is 2.43. The molecule has 0 aliphatic rings. The molecule has 0 spiro atoms. The van der Waals surface area contributed by atoms with Gasteiger partial charge in [0.15, 0.2) is 11.5 Å². The Morgan fingerprint density at radius 2 is 1.71 bits per heavy atom. The van der Waals surface area contributed by atoms with E-state index < -0.39 is 15.0 Å². The fourth-order valence-electron chi connectivity index (χ4n) is 1.80. The molecule has 0 amide bonds. The van der Waals surface area contributed by atoms with Crippen LogP contribution in [0, 0.1) is 6.92 Å². The Labute approximate surface area is 122 Å². The number of hydrogen-bond acceptors (Lipinski definition) is 5. The molecule has 2 aromatic carbocycles. The van der Waals surface area contributed by atoms with Crippen molar-refractivity contribution >= 4 is 15.0 Å². The van der Waals surface area contributed by atoms with Crippen LogP contribution in [0.3, 0.4) is 0 Å². The maximum atomic E-state index is 12.2. The van der Waals surface area contributed by atoms with Gasteiger partial charge in [0.05, 0.1) is 12.0 Å². The third-order valence-electron chi connectivity index (χ3n) is 2.99. The van der Waals surface area contributed by atoms with E-state index in [1.165, 1.54) is 31.4 Å². The van der Waals surface area contributed by atoms with Crippen LogP contribution in [0.5, 0.6) is 11.5 Å². The molecule has 5 nitrogen and oxygen atoms in total. The Morgan fingerprint density at radius 1 is 1.10 bits per heavy atom. The summed E-state index contributed by atoms with van der Waals surface area (Å²) in [6.07, 6.45) is 0. The first kappa shape index (κ1) is 15.1. The molecule has 0 bridgehead atoms. The first-order chi connectivity index (χ1) is 9.86. The number of sulfone groups is 1. The van der Waals surface area contributed by atoms with Gasteiger partial charge < -0.3 is 9.84 Å². The van der Waals surface area contributed by atoms with Crippen molar-refractivity contribution in [2.24, 2.45) is 0 Å². The van der Waals surface area contributed by atoms with Crippen LogP contribution in [-0.4, -0.2) is 25.7 Å². The highest BCUT2D eigenvalue weighted by Crippen LogP contribution is 2.28. The van der Waals surface area contributed by atoms with Gasteiger partial charge in [-0.3, -0.25) is 4.79 Å². The van der Waals surface area contributed by atoms with Gasteiger partial charge >= 0.3 is 0 Å². The first-order valence-electron chi connectivity index (χ1n) is 6.09. The van der Waals surface area contributed by atoms with Gasteiger partial charge in [0.2, 0.25) is 9.84 Å². The molecule has 0 aliphatic heterocycles. The summed E-state index contributed by atoms with van der Waals surface area (Å²) in [5.74, 6) is -0.123. The van der Waals surface area contributed by atoms with Crippen LogP contribution in [0.2, 0.25) is 0 Å². The van der Waals surface area contributed by atoms with Crippen LogP contribution in [0.15, 0.2) is 47.4 Å². The molecule has 110 valence electrons. The molecule has 0 saturated heterocycles. The Bertz CT molecular complexity index is 776. The third-order valence-corrected chi connectivity index (χ3v) is 4.61. The van der Waals surface area contributed by atoms with Gasteiger partial charge in [0.1, 0.15) is 0 Å². The third kappa shape index (κ3) is 2.90. The molecule has 0 saturated carbocycles. The average Bonchev–Trinajstić information content (AvgIpc) is 2.46. The maximum absolute atomic E-state index is 12.2. The summed E-state index contributed by atoms with van der Waals surface area (Å²) >= 11 is 0. The number of carbonyl (C=O) groups excluding carboxylic acids is 1. The van der Waals surface area contributed by atoms with Crippen molar-refractivity contribution in [1.82, 2.24) is 0 Å². The van der Waals surface area contributed by atoms with E-state index >= 15 is 0 Å². The number of aromatic hydroxyl groups is 1. The topological polar surface area (TPSA) is 80.7 Å². The lowest BCUT2D eigenvalue weighted by Gasteiger charge is -2.07. The molecule has 0 radical (unpaired) electrons. The molecule has 0 heterocycles. The number of aryl methyl sites for hydroxylation is 1. The molecule has 2 aromatic rings. The normalized spacial score (nSPS) is 11.1. The minimum atomic E-state index is -4.14. The number of hydrogen-bond donors (Lipinski definition) is 1. The van der Waals surface area contributed by atoms with Crippen molar-refractivity contribution in [2.75, 3.05) is 7.11 Å². The van der Waals surface area contributed by atoms with Gasteiger partial charge in [-0.25, -0.2) is 8.42 Å². The summed E-state index contributed by atoms with van der Waals surface area (Å²) in [5.41, 5.74) is 0.775. The summed E-state index contributed by atoms with van der Waals surface area (Å²) in [6.45, 7) is 1.82. The molecule has 21 heavy (non-hydrogen) atoms. The predicted molar refractivity (Wildman–Crippen MR) is 77.4 cm³/mol. The van der Waals surface area contributed by atoms with E-state index in [2.05, 4.69) is 0 Å². The number of phenolic OH excluding ortho intramolecular Hbond substituents is 1. The zero-order chi connectivity index (χ0) is 15.6. The molecule has 0 fully saturated rings. The Hall–Kier alpha value is -2.34. The summed E-state index contributed by atoms with van der Waals surface area (Å²) in [7, 11) is -2.78. The highest BCUT2D eigenvalue weighted by Gasteiger charge is 2.26. The van der Waals surface area contributed by atoms with E-state index in [9.17, 15) is 18.3 Å². The van der Waals surface area contributed by atoms with Crippen LogP contribution in [0.1, 0.15) is 15.9 Å². The van der Waals surface area contributed by atoms with E-state index in [0.29, 0.717) is 0 Å². The number of methoxy groups -OCH3 is 1. The lowest BCUT2D eigenvalue weighted by molar-refractivity contribution is 0.107. The van der Waals surface area contributed by atoms with Gasteiger partial charge in [-0.15, -0.1) is 0 Å². The standard InChI is InChI=1S/C15H14O5S/c1-10-3-6-12(7-4-10)21(18,19)15(17)11-5-8-14(20-2)13(16)9-11/h3-9,16H,1-2H3. The average molecular weight is 306 g/mol. The molecule has 1 N–H and O–H groups in total. The van der Waals surface area contributed by atoms with Crippen LogP contribution >= 0.6 is 0 Å². The van der Waals surface area contributed by atoms with E-state index in [1.807, 2.05) is 6.92 Å². The van der Waals surface area contributed by atoms with Gasteiger partial charge in [-0.05, 0) is 37.3 Å². The van der Waals surface area contributed by atoms with Gasteiger partial charge in [-0.2, -0.15) is 0 Å². The van der Waals surface area contributed by atoms with Crippen molar-refractivity contribution in [3.8, 4) is 11.5 Å². The molecule has 0 unspecified atom stereocenters. The molecular weight excluding hydrogens is 292 g/mol. The minimum absolute atomic E-state index is 0.0755. The predicted octanol–water partition coefficient (Wildman–Crippen LogP) is 2.32. The van der Waals surface area contributed by atoms with Gasteiger partial charge in [-0.1, -0.05) is 17.7 Å². The number of rotatable bonds is 3. The maximum Gasteiger partial charge on any atom is 0.281 e. The van der Waals surface area contributed by atoms with E-state index in [4.69, 9.17) is 4.74 Å². The van der Waals surface area contributed by atoms with E-state index in [0.717, 1.165) is 11.6 Å². The number of benzene rings is 2. The SMILES string of the molecule is COc1ccc(C(=O)S(=O)(=O)c2ccc(C)cc2)cc1O. The Kier molecular flexibility index (Phi) is 3.99. The zero-order valence-corrected chi connectivity index (χ0v) is 12.3. The van der Waals surface area contributed by atoms with Crippen molar-refractivity contribution in [3.05, 3.63) is 53.6 Å². The lowest BCUT2D eigenvalue weighted by Crippen LogP contribution is -2.15. The second-order valence-corrected chi connectivity index (χ2v) is 6.34. The van der Waals surface area contributed by atoms with Crippen LogP contribution < -0.4 is 4.74 Å². The highest BCUT2D eigenvalue weighted by molar-refractivity contribution is 8.06. The largest absolute Gasteiger partial charge is 0.504 e. The van der Waals surface area contributed by atoms with Crippen LogP contribution in [0.25, 0.3) is 0 Å². The van der Waals surface area contributed by atoms with Crippen molar-refractivity contribution in [3.63, 3.8) is 0 Å². The summed E-state index contributed by atoms with van der Waals surface area (Å²) < 4.78 is 29.3.